The van der Waals surface area contributed by atoms with Gasteiger partial charge in [0.05, 0.1) is 5.52 Å². The lowest BCUT2D eigenvalue weighted by atomic mass is 10.2. The van der Waals surface area contributed by atoms with Crippen LogP contribution in [0.3, 0.4) is 0 Å². The van der Waals surface area contributed by atoms with Gasteiger partial charge in [0.25, 0.3) is 0 Å². The minimum Gasteiger partial charge on any atom is -0.456 e. The van der Waals surface area contributed by atoms with Crippen LogP contribution in [0.1, 0.15) is 5.56 Å². The minimum absolute atomic E-state index is 0.830. The average molecular weight is 314 g/mol. The Balaban J connectivity index is 2.06. The molecule has 0 aliphatic rings. The second-order valence-corrected chi connectivity index (χ2v) is 5.25. The second-order valence-electron chi connectivity index (χ2n) is 4.34. The summed E-state index contributed by atoms with van der Waals surface area (Å²) in [6.45, 7) is 2.03. The van der Waals surface area contributed by atoms with Gasteiger partial charge in [-0.25, -0.2) is 0 Å². The van der Waals surface area contributed by atoms with Gasteiger partial charge >= 0.3 is 0 Å². The highest BCUT2D eigenvalue weighted by atomic mass is 79.9. The zero-order valence-corrected chi connectivity index (χ0v) is 12.0. The molecule has 0 fully saturated rings. The molecular weight excluding hydrogens is 302 g/mol. The molecule has 1 heterocycles. The van der Waals surface area contributed by atoms with Crippen LogP contribution in [-0.4, -0.2) is 4.98 Å². The van der Waals surface area contributed by atoms with Gasteiger partial charge in [0, 0.05) is 16.1 Å². The molecule has 0 aliphatic heterocycles. The quantitative estimate of drug-likeness (QED) is 0.656. The molecule has 94 valence electrons. The predicted octanol–water partition coefficient (Wildman–Crippen LogP) is 5.10. The number of fused-ring (bicyclic) bond motifs is 1. The number of benzene rings is 2. The van der Waals surface area contributed by atoms with E-state index in [2.05, 4.69) is 20.9 Å². The first-order chi connectivity index (χ1) is 9.24. The molecular formula is C16H12BrNO. The first kappa shape index (κ1) is 12.2. The van der Waals surface area contributed by atoms with Crippen LogP contribution in [0, 0.1) is 6.92 Å². The van der Waals surface area contributed by atoms with Crippen molar-refractivity contribution in [1.29, 1.82) is 0 Å². The zero-order chi connectivity index (χ0) is 13.2. The van der Waals surface area contributed by atoms with E-state index >= 15 is 0 Å². The molecule has 0 spiro atoms. The molecule has 0 atom stereocenters. The number of halogens is 1. The Morgan fingerprint density at radius 1 is 1.00 bits per heavy atom. The summed E-state index contributed by atoms with van der Waals surface area (Å²) in [5.74, 6) is 1.69. The summed E-state index contributed by atoms with van der Waals surface area (Å²) in [6.07, 6.45) is 1.77. The molecule has 3 aromatic rings. The van der Waals surface area contributed by atoms with Crippen LogP contribution in [-0.2, 0) is 0 Å². The summed E-state index contributed by atoms with van der Waals surface area (Å²) in [5, 5.41) is 1.02. The Morgan fingerprint density at radius 3 is 2.68 bits per heavy atom. The van der Waals surface area contributed by atoms with Crippen LogP contribution < -0.4 is 4.74 Å². The standard InChI is InChI=1S/C16H12BrNO/c1-11-10-12(17)6-7-15(11)19-16-8-9-18-14-5-3-2-4-13(14)16/h2-10H,1H3. The van der Waals surface area contributed by atoms with Gasteiger partial charge in [-0.15, -0.1) is 0 Å². The van der Waals surface area contributed by atoms with Crippen molar-refractivity contribution in [3.63, 3.8) is 0 Å². The molecule has 0 bridgehead atoms. The van der Waals surface area contributed by atoms with Crippen LogP contribution in [0.25, 0.3) is 10.9 Å². The summed E-state index contributed by atoms with van der Waals surface area (Å²) >= 11 is 3.46. The van der Waals surface area contributed by atoms with E-state index in [0.717, 1.165) is 32.4 Å². The number of rotatable bonds is 2. The van der Waals surface area contributed by atoms with Gasteiger partial charge in [-0.3, -0.25) is 4.98 Å². The Kier molecular flexibility index (Phi) is 3.22. The number of aryl methyl sites for hydroxylation is 1. The van der Waals surface area contributed by atoms with Gasteiger partial charge in [0.15, 0.2) is 0 Å². The van der Waals surface area contributed by atoms with E-state index in [1.54, 1.807) is 6.20 Å². The molecule has 2 nitrogen and oxygen atoms in total. The van der Waals surface area contributed by atoms with Crippen molar-refractivity contribution in [3.8, 4) is 11.5 Å². The second kappa shape index (κ2) is 5.02. The van der Waals surface area contributed by atoms with E-state index in [1.807, 2.05) is 55.5 Å². The van der Waals surface area contributed by atoms with Crippen LogP contribution in [0.15, 0.2) is 59.2 Å². The van der Waals surface area contributed by atoms with Gasteiger partial charge in [-0.1, -0.05) is 28.1 Å². The molecule has 1 aromatic heterocycles. The Hall–Kier alpha value is -1.87. The first-order valence-corrected chi connectivity index (χ1v) is 6.81. The van der Waals surface area contributed by atoms with Crippen LogP contribution in [0.5, 0.6) is 11.5 Å². The fraction of sp³-hybridized carbons (Fsp3) is 0.0625. The molecule has 2 aromatic carbocycles. The van der Waals surface area contributed by atoms with E-state index in [4.69, 9.17) is 4.74 Å². The van der Waals surface area contributed by atoms with Crippen LogP contribution in [0.4, 0.5) is 0 Å². The summed E-state index contributed by atoms with van der Waals surface area (Å²) in [7, 11) is 0. The van der Waals surface area contributed by atoms with Crippen molar-refractivity contribution in [2.45, 2.75) is 6.92 Å². The van der Waals surface area contributed by atoms with E-state index in [-0.39, 0.29) is 0 Å². The number of para-hydroxylation sites is 1. The molecule has 0 saturated heterocycles. The molecule has 19 heavy (non-hydrogen) atoms. The third-order valence-electron chi connectivity index (χ3n) is 2.97. The predicted molar refractivity (Wildman–Crippen MR) is 80.7 cm³/mol. The summed E-state index contributed by atoms with van der Waals surface area (Å²) in [6, 6.07) is 15.8. The SMILES string of the molecule is Cc1cc(Br)ccc1Oc1ccnc2ccccc12. The maximum atomic E-state index is 6.02. The van der Waals surface area contributed by atoms with Crippen molar-refractivity contribution in [2.75, 3.05) is 0 Å². The number of nitrogens with zero attached hydrogens (tertiary/aromatic N) is 1. The lowest BCUT2D eigenvalue weighted by Crippen LogP contribution is -1.89. The van der Waals surface area contributed by atoms with Crippen molar-refractivity contribution in [1.82, 2.24) is 4.98 Å². The third-order valence-corrected chi connectivity index (χ3v) is 3.46. The van der Waals surface area contributed by atoms with Crippen molar-refractivity contribution in [3.05, 3.63) is 64.8 Å². The molecule has 0 saturated carbocycles. The van der Waals surface area contributed by atoms with Crippen LogP contribution >= 0.6 is 15.9 Å². The molecule has 0 amide bonds. The van der Waals surface area contributed by atoms with Gasteiger partial charge < -0.3 is 4.74 Å². The average Bonchev–Trinajstić information content (AvgIpc) is 2.42. The number of aromatic nitrogens is 1. The van der Waals surface area contributed by atoms with Crippen molar-refractivity contribution < 1.29 is 4.74 Å². The normalized spacial score (nSPS) is 10.6. The van der Waals surface area contributed by atoms with E-state index in [0.29, 0.717) is 0 Å². The Bertz CT molecular complexity index is 734. The van der Waals surface area contributed by atoms with E-state index < -0.39 is 0 Å². The number of hydrogen-bond donors (Lipinski definition) is 0. The Morgan fingerprint density at radius 2 is 1.84 bits per heavy atom. The zero-order valence-electron chi connectivity index (χ0n) is 10.4. The lowest BCUT2D eigenvalue weighted by molar-refractivity contribution is 0.484. The third kappa shape index (κ3) is 2.47. The van der Waals surface area contributed by atoms with E-state index in [1.165, 1.54) is 0 Å². The highest BCUT2D eigenvalue weighted by molar-refractivity contribution is 9.10. The van der Waals surface area contributed by atoms with E-state index in [9.17, 15) is 0 Å². The minimum atomic E-state index is 0.830. The highest BCUT2D eigenvalue weighted by Crippen LogP contribution is 2.31. The Labute approximate surface area is 120 Å². The first-order valence-electron chi connectivity index (χ1n) is 6.02. The van der Waals surface area contributed by atoms with Crippen molar-refractivity contribution in [2.24, 2.45) is 0 Å². The molecule has 3 heteroatoms. The van der Waals surface area contributed by atoms with Crippen LogP contribution in [0.2, 0.25) is 0 Å². The highest BCUT2D eigenvalue weighted by Gasteiger charge is 2.06. The van der Waals surface area contributed by atoms with Gasteiger partial charge in [-0.05, 0) is 48.9 Å². The number of ether oxygens (including phenoxy) is 1. The topological polar surface area (TPSA) is 22.1 Å². The molecule has 0 N–H and O–H groups in total. The van der Waals surface area contributed by atoms with Gasteiger partial charge in [-0.2, -0.15) is 0 Å². The fourth-order valence-corrected chi connectivity index (χ4v) is 2.48. The fourth-order valence-electron chi connectivity index (χ4n) is 2.00. The summed E-state index contributed by atoms with van der Waals surface area (Å²) in [4.78, 5) is 4.33. The molecule has 3 rings (SSSR count). The van der Waals surface area contributed by atoms with Gasteiger partial charge in [0.1, 0.15) is 11.5 Å². The van der Waals surface area contributed by atoms with Crippen molar-refractivity contribution >= 4 is 26.8 Å². The lowest BCUT2D eigenvalue weighted by Gasteiger charge is -2.10. The maximum absolute atomic E-state index is 6.02. The number of pyridine rings is 1. The summed E-state index contributed by atoms with van der Waals surface area (Å²) < 4.78 is 7.07. The smallest absolute Gasteiger partial charge is 0.138 e. The maximum Gasteiger partial charge on any atom is 0.138 e. The molecule has 0 aliphatic carbocycles. The van der Waals surface area contributed by atoms with Gasteiger partial charge in [0.2, 0.25) is 0 Å². The number of hydrogen-bond acceptors (Lipinski definition) is 2. The monoisotopic (exact) mass is 313 g/mol. The summed E-state index contributed by atoms with van der Waals surface area (Å²) in [5.41, 5.74) is 2.03. The largest absolute Gasteiger partial charge is 0.456 e. The molecule has 0 radical (unpaired) electrons. The molecule has 0 unspecified atom stereocenters.